The molecule has 0 atom stereocenters. The van der Waals surface area contributed by atoms with Crippen LogP contribution in [0.25, 0.3) is 10.4 Å². The number of carbonyl (C=O) groups is 2. The molecule has 8 heteroatoms. The first-order valence-corrected chi connectivity index (χ1v) is 14.4. The maximum absolute atomic E-state index is 13.7. The molecule has 2 aromatic rings. The SMILES string of the molecule is CC(C)(C)c1cc(-c2sc(C(=O)N[C@H]3C[C@H](C(=O)O)C3)[n+]([O-])c2CC2CCCCC2)cc(C(C)(C)C)n1. The fraction of sp³-hybridized carbons (Fsp3) is 0.655. The van der Waals surface area contributed by atoms with Gasteiger partial charge in [0.25, 0.3) is 0 Å². The van der Waals surface area contributed by atoms with Crippen LogP contribution in [-0.4, -0.2) is 28.0 Å². The molecule has 37 heavy (non-hydrogen) atoms. The quantitative estimate of drug-likeness (QED) is 0.367. The summed E-state index contributed by atoms with van der Waals surface area (Å²) in [6, 6.07) is 3.95. The number of nitrogens with one attached hydrogen (secondary N) is 1. The lowest BCUT2D eigenvalue weighted by Gasteiger charge is -2.32. The van der Waals surface area contributed by atoms with Crippen LogP contribution in [0, 0.1) is 17.0 Å². The van der Waals surface area contributed by atoms with Gasteiger partial charge in [0.2, 0.25) is 5.69 Å². The Morgan fingerprint density at radius 1 is 1.05 bits per heavy atom. The third-order valence-electron chi connectivity index (χ3n) is 7.74. The molecule has 2 saturated carbocycles. The van der Waals surface area contributed by atoms with Gasteiger partial charge in [-0.2, -0.15) is 4.73 Å². The van der Waals surface area contributed by atoms with Crippen molar-refractivity contribution in [3.05, 3.63) is 39.4 Å². The number of hydrogen-bond acceptors (Lipinski definition) is 5. The summed E-state index contributed by atoms with van der Waals surface area (Å²) in [5.74, 6) is -1.23. The molecular formula is C29H41N3O4S. The number of nitrogens with zero attached hydrogens (tertiary/aromatic N) is 2. The van der Waals surface area contributed by atoms with Crippen LogP contribution in [0.5, 0.6) is 0 Å². The number of hydrogen-bond donors (Lipinski definition) is 2. The van der Waals surface area contributed by atoms with E-state index in [1.165, 1.54) is 30.6 Å². The first kappa shape index (κ1) is 27.6. The molecule has 2 heterocycles. The predicted molar refractivity (Wildman–Crippen MR) is 146 cm³/mol. The van der Waals surface area contributed by atoms with Crippen LogP contribution in [0.15, 0.2) is 12.1 Å². The molecule has 0 spiro atoms. The van der Waals surface area contributed by atoms with Crippen LogP contribution in [0.3, 0.4) is 0 Å². The largest absolute Gasteiger partial charge is 0.617 e. The van der Waals surface area contributed by atoms with Crippen LogP contribution >= 0.6 is 11.3 Å². The molecule has 4 rings (SSSR count). The van der Waals surface area contributed by atoms with Crippen LogP contribution in [-0.2, 0) is 22.0 Å². The lowest BCUT2D eigenvalue weighted by Crippen LogP contribution is -2.49. The number of carbonyl (C=O) groups excluding carboxylic acids is 1. The number of aliphatic carboxylic acids is 1. The highest BCUT2D eigenvalue weighted by Crippen LogP contribution is 2.38. The zero-order valence-electron chi connectivity index (χ0n) is 23.0. The van der Waals surface area contributed by atoms with Crippen molar-refractivity contribution in [2.45, 2.75) is 110 Å². The highest BCUT2D eigenvalue weighted by molar-refractivity contribution is 7.16. The van der Waals surface area contributed by atoms with E-state index < -0.39 is 17.8 Å². The van der Waals surface area contributed by atoms with Crippen molar-refractivity contribution in [1.82, 2.24) is 10.3 Å². The summed E-state index contributed by atoms with van der Waals surface area (Å²) in [6.07, 6.45) is 7.28. The van der Waals surface area contributed by atoms with Gasteiger partial charge in [0, 0.05) is 40.2 Å². The smallest absolute Gasteiger partial charge is 0.339 e. The van der Waals surface area contributed by atoms with Gasteiger partial charge in [0.1, 0.15) is 4.88 Å². The van der Waals surface area contributed by atoms with Crippen molar-refractivity contribution < 1.29 is 19.4 Å². The van der Waals surface area contributed by atoms with Crippen molar-refractivity contribution >= 4 is 23.2 Å². The molecule has 202 valence electrons. The number of pyridine rings is 1. The maximum Gasteiger partial charge on any atom is 0.339 e. The lowest BCUT2D eigenvalue weighted by molar-refractivity contribution is -0.610. The Labute approximate surface area is 224 Å². The molecule has 2 aromatic heterocycles. The zero-order chi connectivity index (χ0) is 27.1. The minimum absolute atomic E-state index is 0.131. The van der Waals surface area contributed by atoms with E-state index in [-0.39, 0.29) is 21.9 Å². The van der Waals surface area contributed by atoms with Gasteiger partial charge in [-0.3, -0.25) is 14.6 Å². The molecule has 1 amide bonds. The van der Waals surface area contributed by atoms with Crippen molar-refractivity contribution in [3.8, 4) is 10.4 Å². The molecule has 0 unspecified atom stereocenters. The predicted octanol–water partition coefficient (Wildman–Crippen LogP) is 5.75. The van der Waals surface area contributed by atoms with Gasteiger partial charge >= 0.3 is 16.9 Å². The Morgan fingerprint density at radius 2 is 1.62 bits per heavy atom. The highest BCUT2D eigenvalue weighted by atomic mass is 32.1. The van der Waals surface area contributed by atoms with E-state index in [0.29, 0.717) is 30.9 Å². The van der Waals surface area contributed by atoms with E-state index in [0.717, 1.165) is 39.4 Å². The summed E-state index contributed by atoms with van der Waals surface area (Å²) in [4.78, 5) is 30.2. The average molecular weight is 528 g/mol. The van der Waals surface area contributed by atoms with Gasteiger partial charge in [0.15, 0.2) is 0 Å². The summed E-state index contributed by atoms with van der Waals surface area (Å²) in [5, 5.41) is 25.8. The van der Waals surface area contributed by atoms with Crippen LogP contribution in [0.4, 0.5) is 0 Å². The Morgan fingerprint density at radius 3 is 2.14 bits per heavy atom. The molecule has 0 saturated heterocycles. The molecule has 0 aliphatic heterocycles. The summed E-state index contributed by atoms with van der Waals surface area (Å²) < 4.78 is 0.852. The average Bonchev–Trinajstić information content (AvgIpc) is 3.11. The zero-order valence-corrected chi connectivity index (χ0v) is 23.8. The van der Waals surface area contributed by atoms with Gasteiger partial charge in [-0.25, -0.2) is 0 Å². The van der Waals surface area contributed by atoms with Crippen molar-refractivity contribution in [3.63, 3.8) is 0 Å². The fourth-order valence-electron chi connectivity index (χ4n) is 5.23. The Balaban J connectivity index is 1.75. The van der Waals surface area contributed by atoms with E-state index in [1.807, 2.05) is 0 Å². The number of aromatic nitrogens is 2. The molecule has 0 bridgehead atoms. The van der Waals surface area contributed by atoms with Crippen LogP contribution in [0.1, 0.15) is 113 Å². The minimum atomic E-state index is -0.834. The summed E-state index contributed by atoms with van der Waals surface area (Å²) in [7, 11) is 0. The molecule has 2 N–H and O–H groups in total. The maximum atomic E-state index is 13.7. The standard InChI is InChI=1S/C29H41N3O4S/c1-28(2,3)22-15-18(16-23(31-22)29(4,5)6)24-21(12-17-10-8-7-9-11-17)32(36)26(37-24)25(33)30-20-13-19(14-20)27(34)35/h15-17,19-20H,7-14H2,1-6H3,(H,30,33)(H,34,35)/t19-,20-. The molecule has 0 radical (unpaired) electrons. The highest BCUT2D eigenvalue weighted by Gasteiger charge is 2.38. The molecule has 2 aliphatic carbocycles. The van der Waals surface area contributed by atoms with Gasteiger partial charge < -0.3 is 15.6 Å². The Hall–Kier alpha value is -2.48. The van der Waals surface area contributed by atoms with Crippen molar-refractivity contribution in [2.24, 2.45) is 11.8 Å². The van der Waals surface area contributed by atoms with Gasteiger partial charge in [0.05, 0.1) is 5.92 Å². The molecule has 0 aromatic carbocycles. The normalized spacial score (nSPS) is 20.9. The Kier molecular flexibility index (Phi) is 7.71. The summed E-state index contributed by atoms with van der Waals surface area (Å²) in [6.45, 7) is 12.8. The number of carboxylic acids is 1. The van der Waals surface area contributed by atoms with Crippen molar-refractivity contribution in [2.75, 3.05) is 0 Å². The third-order valence-corrected chi connectivity index (χ3v) is 8.96. The summed E-state index contributed by atoms with van der Waals surface area (Å²) >= 11 is 1.25. The second-order valence-corrected chi connectivity index (χ2v) is 14.0. The number of rotatable bonds is 6. The first-order valence-electron chi connectivity index (χ1n) is 13.6. The minimum Gasteiger partial charge on any atom is -0.617 e. The van der Waals surface area contributed by atoms with E-state index in [2.05, 4.69) is 59.0 Å². The number of amides is 1. The van der Waals surface area contributed by atoms with E-state index in [9.17, 15) is 14.8 Å². The van der Waals surface area contributed by atoms with E-state index >= 15 is 0 Å². The first-order chi connectivity index (χ1) is 17.2. The molecule has 7 nitrogen and oxygen atoms in total. The molecule has 2 aliphatic rings. The number of thiazole rings is 1. The molecular weight excluding hydrogens is 486 g/mol. The van der Waals surface area contributed by atoms with Gasteiger partial charge in [-0.15, -0.1) is 0 Å². The van der Waals surface area contributed by atoms with Crippen LogP contribution in [0.2, 0.25) is 0 Å². The van der Waals surface area contributed by atoms with E-state index in [4.69, 9.17) is 10.1 Å². The van der Waals surface area contributed by atoms with Crippen molar-refractivity contribution in [1.29, 1.82) is 0 Å². The second-order valence-electron chi connectivity index (χ2n) is 13.0. The van der Waals surface area contributed by atoms with Gasteiger partial charge in [-0.1, -0.05) is 72.1 Å². The Bertz CT molecular complexity index is 1130. The third kappa shape index (κ3) is 6.16. The van der Waals surface area contributed by atoms with Gasteiger partial charge in [-0.05, 0) is 43.7 Å². The summed E-state index contributed by atoms with van der Waals surface area (Å²) in [5.41, 5.74) is 3.20. The lowest BCUT2D eigenvalue weighted by atomic mass is 9.80. The second kappa shape index (κ2) is 10.4. The van der Waals surface area contributed by atoms with Crippen LogP contribution < -0.4 is 10.0 Å². The monoisotopic (exact) mass is 527 g/mol. The topological polar surface area (TPSA) is 106 Å². The number of carboxylic acid groups (broad SMARTS) is 1. The van der Waals surface area contributed by atoms with E-state index in [1.54, 1.807) is 0 Å². The fourth-order valence-corrected chi connectivity index (χ4v) is 6.29. The molecule has 2 fully saturated rings.